The summed E-state index contributed by atoms with van der Waals surface area (Å²) in [5.41, 5.74) is 1.92. The molecule has 0 spiro atoms. The van der Waals surface area contributed by atoms with Crippen molar-refractivity contribution in [3.8, 4) is 0 Å². The quantitative estimate of drug-likeness (QED) is 0.900. The maximum atomic E-state index is 10.1. The number of hydrogen-bond acceptors (Lipinski definition) is 2. The molecule has 0 aliphatic heterocycles. The number of aryl methyl sites for hydroxylation is 1. The van der Waals surface area contributed by atoms with Crippen molar-refractivity contribution < 1.29 is 5.11 Å². The first-order chi connectivity index (χ1) is 8.69. The molecule has 0 radical (unpaired) electrons. The number of halogens is 1. The summed E-state index contributed by atoms with van der Waals surface area (Å²) in [6.07, 6.45) is 4.74. The molecule has 0 fully saturated rings. The lowest BCUT2D eigenvalue weighted by atomic mass is 10.0. The Kier molecular flexibility index (Phi) is 4.39. The van der Waals surface area contributed by atoms with Crippen LogP contribution in [-0.4, -0.2) is 14.9 Å². The molecule has 0 saturated heterocycles. The van der Waals surface area contributed by atoms with E-state index in [4.69, 9.17) is 11.6 Å². The van der Waals surface area contributed by atoms with E-state index in [0.717, 1.165) is 24.1 Å². The fraction of sp³-hybridized carbons (Fsp3) is 0.357. The maximum absolute atomic E-state index is 10.1. The van der Waals surface area contributed by atoms with Crippen molar-refractivity contribution in [2.45, 2.75) is 32.4 Å². The fourth-order valence-electron chi connectivity index (χ4n) is 1.86. The largest absolute Gasteiger partial charge is 0.388 e. The summed E-state index contributed by atoms with van der Waals surface area (Å²) in [5, 5.41) is 15.1. The highest BCUT2D eigenvalue weighted by atomic mass is 35.5. The fourth-order valence-corrected chi connectivity index (χ4v) is 1.99. The number of aliphatic hydroxyl groups excluding tert-OH is 1. The van der Waals surface area contributed by atoms with Crippen LogP contribution in [0.2, 0.25) is 5.02 Å². The molecule has 1 N–H and O–H groups in total. The molecule has 1 aromatic carbocycles. The molecule has 1 atom stereocenters. The predicted molar refractivity (Wildman–Crippen MR) is 72.6 cm³/mol. The Balaban J connectivity index is 2.02. The van der Waals surface area contributed by atoms with Gasteiger partial charge in [0.15, 0.2) is 0 Å². The van der Waals surface area contributed by atoms with Crippen LogP contribution < -0.4 is 0 Å². The molecule has 0 bridgehead atoms. The molecule has 96 valence electrons. The van der Waals surface area contributed by atoms with E-state index in [1.165, 1.54) is 0 Å². The van der Waals surface area contributed by atoms with E-state index in [-0.39, 0.29) is 0 Å². The minimum Gasteiger partial charge on any atom is -0.388 e. The second kappa shape index (κ2) is 6.03. The van der Waals surface area contributed by atoms with Gasteiger partial charge < -0.3 is 5.11 Å². The number of benzene rings is 1. The molecular formula is C14H17ClN2O. The molecule has 0 aliphatic rings. The van der Waals surface area contributed by atoms with Gasteiger partial charge in [-0.05, 0) is 24.1 Å². The van der Waals surface area contributed by atoms with E-state index < -0.39 is 6.10 Å². The first-order valence-electron chi connectivity index (χ1n) is 6.14. The van der Waals surface area contributed by atoms with Crippen LogP contribution in [-0.2, 0) is 13.0 Å². The van der Waals surface area contributed by atoms with Gasteiger partial charge in [0.1, 0.15) is 0 Å². The van der Waals surface area contributed by atoms with Crippen LogP contribution in [0.1, 0.15) is 30.6 Å². The summed E-state index contributed by atoms with van der Waals surface area (Å²) in [6, 6.07) is 7.54. The van der Waals surface area contributed by atoms with Crippen molar-refractivity contribution in [2.24, 2.45) is 0 Å². The molecule has 1 unspecified atom stereocenters. The maximum Gasteiger partial charge on any atom is 0.0860 e. The minimum absolute atomic E-state index is 0.517. The molecule has 0 saturated carbocycles. The van der Waals surface area contributed by atoms with Crippen LogP contribution in [0, 0.1) is 0 Å². The van der Waals surface area contributed by atoms with E-state index in [0.29, 0.717) is 11.4 Å². The van der Waals surface area contributed by atoms with Gasteiger partial charge in [-0.3, -0.25) is 4.68 Å². The van der Waals surface area contributed by atoms with E-state index >= 15 is 0 Å². The Morgan fingerprint density at radius 3 is 2.72 bits per heavy atom. The third-order valence-electron chi connectivity index (χ3n) is 2.83. The van der Waals surface area contributed by atoms with Crippen LogP contribution in [0.15, 0.2) is 36.7 Å². The van der Waals surface area contributed by atoms with E-state index in [2.05, 4.69) is 12.0 Å². The second-order valence-corrected chi connectivity index (χ2v) is 4.82. The summed E-state index contributed by atoms with van der Waals surface area (Å²) in [7, 11) is 0. The number of aliphatic hydroxyl groups is 1. The van der Waals surface area contributed by atoms with Gasteiger partial charge in [0.2, 0.25) is 0 Å². The first-order valence-corrected chi connectivity index (χ1v) is 6.51. The predicted octanol–water partition coefficient (Wildman–Crippen LogP) is 3.22. The second-order valence-electron chi connectivity index (χ2n) is 4.38. The first kappa shape index (κ1) is 13.1. The van der Waals surface area contributed by atoms with Crippen LogP contribution in [0.4, 0.5) is 0 Å². The van der Waals surface area contributed by atoms with Gasteiger partial charge in [-0.1, -0.05) is 30.7 Å². The lowest BCUT2D eigenvalue weighted by Crippen LogP contribution is -2.01. The SMILES string of the molecule is CCCn1cc(C(O)Cc2ccc(Cl)cc2)cn1. The van der Waals surface area contributed by atoms with Crippen molar-refractivity contribution in [3.05, 3.63) is 52.8 Å². The monoisotopic (exact) mass is 264 g/mol. The summed E-state index contributed by atoms with van der Waals surface area (Å²) in [6.45, 7) is 2.99. The van der Waals surface area contributed by atoms with Crippen molar-refractivity contribution >= 4 is 11.6 Å². The lowest BCUT2D eigenvalue weighted by Gasteiger charge is -2.08. The molecule has 4 heteroatoms. The normalized spacial score (nSPS) is 12.6. The standard InChI is InChI=1S/C14H17ClN2O/c1-2-7-17-10-12(9-16-17)14(18)8-11-3-5-13(15)6-4-11/h3-6,9-10,14,18H,2,7-8H2,1H3. The van der Waals surface area contributed by atoms with Gasteiger partial charge in [0, 0.05) is 29.7 Å². The highest BCUT2D eigenvalue weighted by Crippen LogP contribution is 2.19. The van der Waals surface area contributed by atoms with E-state index in [1.54, 1.807) is 6.20 Å². The number of hydrogen-bond donors (Lipinski definition) is 1. The summed E-state index contributed by atoms with van der Waals surface area (Å²) in [5.74, 6) is 0. The van der Waals surface area contributed by atoms with Crippen molar-refractivity contribution in [2.75, 3.05) is 0 Å². The molecule has 2 rings (SSSR count). The zero-order valence-electron chi connectivity index (χ0n) is 10.4. The summed E-state index contributed by atoms with van der Waals surface area (Å²) in [4.78, 5) is 0. The van der Waals surface area contributed by atoms with Crippen LogP contribution in [0.3, 0.4) is 0 Å². The average molecular weight is 265 g/mol. The summed E-state index contributed by atoms with van der Waals surface area (Å²) >= 11 is 5.83. The molecular weight excluding hydrogens is 248 g/mol. The Morgan fingerprint density at radius 2 is 2.06 bits per heavy atom. The molecule has 1 aromatic heterocycles. The summed E-state index contributed by atoms with van der Waals surface area (Å²) < 4.78 is 1.86. The third-order valence-corrected chi connectivity index (χ3v) is 3.08. The third kappa shape index (κ3) is 3.34. The van der Waals surface area contributed by atoms with Gasteiger partial charge in [-0.2, -0.15) is 5.10 Å². The highest BCUT2D eigenvalue weighted by molar-refractivity contribution is 6.30. The van der Waals surface area contributed by atoms with Crippen LogP contribution in [0.25, 0.3) is 0 Å². The van der Waals surface area contributed by atoms with Gasteiger partial charge in [0.05, 0.1) is 12.3 Å². The smallest absolute Gasteiger partial charge is 0.0860 e. The number of rotatable bonds is 5. The van der Waals surface area contributed by atoms with Crippen molar-refractivity contribution in [1.29, 1.82) is 0 Å². The van der Waals surface area contributed by atoms with Crippen molar-refractivity contribution in [3.63, 3.8) is 0 Å². The average Bonchev–Trinajstić information content (AvgIpc) is 2.81. The number of nitrogens with zero attached hydrogens (tertiary/aromatic N) is 2. The van der Waals surface area contributed by atoms with E-state index in [9.17, 15) is 5.11 Å². The number of aromatic nitrogens is 2. The molecule has 18 heavy (non-hydrogen) atoms. The zero-order chi connectivity index (χ0) is 13.0. The Morgan fingerprint density at radius 1 is 1.33 bits per heavy atom. The van der Waals surface area contributed by atoms with Gasteiger partial charge >= 0.3 is 0 Å². The Labute approximate surface area is 112 Å². The molecule has 1 heterocycles. The topological polar surface area (TPSA) is 38.0 Å². The molecule has 2 aromatic rings. The zero-order valence-corrected chi connectivity index (χ0v) is 11.1. The molecule has 0 amide bonds. The lowest BCUT2D eigenvalue weighted by molar-refractivity contribution is 0.178. The Bertz CT molecular complexity index is 493. The Hall–Kier alpha value is -1.32. The highest BCUT2D eigenvalue weighted by Gasteiger charge is 2.10. The van der Waals surface area contributed by atoms with Gasteiger partial charge in [-0.15, -0.1) is 0 Å². The van der Waals surface area contributed by atoms with Gasteiger partial charge in [0.25, 0.3) is 0 Å². The molecule has 3 nitrogen and oxygen atoms in total. The van der Waals surface area contributed by atoms with Crippen LogP contribution in [0.5, 0.6) is 0 Å². The van der Waals surface area contributed by atoms with Crippen molar-refractivity contribution in [1.82, 2.24) is 9.78 Å². The molecule has 0 aliphatic carbocycles. The van der Waals surface area contributed by atoms with E-state index in [1.807, 2.05) is 35.1 Å². The van der Waals surface area contributed by atoms with Crippen LogP contribution >= 0.6 is 11.6 Å². The minimum atomic E-state index is -0.517. The van der Waals surface area contributed by atoms with Gasteiger partial charge in [-0.25, -0.2) is 0 Å².